The third kappa shape index (κ3) is 4.70. The topological polar surface area (TPSA) is 71.8 Å². The van der Waals surface area contributed by atoms with Crippen LogP contribution in [0, 0.1) is 5.92 Å². The number of methoxy groups -OCH3 is 1. The van der Waals surface area contributed by atoms with E-state index >= 15 is 0 Å². The predicted octanol–water partition coefficient (Wildman–Crippen LogP) is 3.59. The molecule has 3 rings (SSSR count). The van der Waals surface area contributed by atoms with Crippen molar-refractivity contribution in [3.05, 3.63) is 54.0 Å². The molecule has 0 unspecified atom stereocenters. The average Bonchev–Trinajstić information content (AvgIpc) is 3.34. The number of hydrogen-bond acceptors (Lipinski definition) is 5. The SMILES string of the molecule is COc1ccc([C@H]2SCC(=O)N2[C@H](CC(C)C)C(=O)NCc2ccco2)cc1. The van der Waals surface area contributed by atoms with Crippen LogP contribution in [0.1, 0.15) is 37.0 Å². The van der Waals surface area contributed by atoms with E-state index in [9.17, 15) is 9.59 Å². The Kier molecular flexibility index (Phi) is 6.67. The largest absolute Gasteiger partial charge is 0.497 e. The lowest BCUT2D eigenvalue weighted by Crippen LogP contribution is -2.49. The van der Waals surface area contributed by atoms with E-state index in [1.165, 1.54) is 0 Å². The summed E-state index contributed by atoms with van der Waals surface area (Å²) in [4.78, 5) is 27.5. The summed E-state index contributed by atoms with van der Waals surface area (Å²) in [7, 11) is 1.62. The third-order valence-electron chi connectivity index (χ3n) is 4.66. The summed E-state index contributed by atoms with van der Waals surface area (Å²) in [5.74, 6) is 1.93. The quantitative estimate of drug-likeness (QED) is 0.731. The maximum absolute atomic E-state index is 13.0. The Bertz CT molecular complexity index is 789. The molecule has 0 aliphatic carbocycles. The van der Waals surface area contributed by atoms with Crippen LogP contribution in [-0.4, -0.2) is 35.6 Å². The zero-order valence-corrected chi connectivity index (χ0v) is 17.2. The molecule has 1 aromatic carbocycles. The number of rotatable bonds is 8. The Morgan fingerprint density at radius 3 is 2.68 bits per heavy atom. The first-order valence-electron chi connectivity index (χ1n) is 9.36. The molecule has 0 bridgehead atoms. The Labute approximate surface area is 169 Å². The fraction of sp³-hybridized carbons (Fsp3) is 0.429. The van der Waals surface area contributed by atoms with Crippen molar-refractivity contribution in [2.45, 2.75) is 38.2 Å². The van der Waals surface area contributed by atoms with Crippen molar-refractivity contribution >= 4 is 23.6 Å². The minimum absolute atomic E-state index is 0.00961. The number of furan rings is 1. The van der Waals surface area contributed by atoms with Crippen LogP contribution in [0.4, 0.5) is 0 Å². The Morgan fingerprint density at radius 1 is 1.32 bits per heavy atom. The van der Waals surface area contributed by atoms with E-state index in [0.717, 1.165) is 11.3 Å². The number of hydrogen-bond donors (Lipinski definition) is 1. The normalized spacial score (nSPS) is 17.8. The maximum atomic E-state index is 13.0. The second kappa shape index (κ2) is 9.19. The van der Waals surface area contributed by atoms with Crippen molar-refractivity contribution in [2.75, 3.05) is 12.9 Å². The first-order chi connectivity index (χ1) is 13.5. The Hall–Kier alpha value is -2.41. The Balaban J connectivity index is 1.80. The predicted molar refractivity (Wildman–Crippen MR) is 109 cm³/mol. The second-order valence-electron chi connectivity index (χ2n) is 7.18. The summed E-state index contributed by atoms with van der Waals surface area (Å²) in [6, 6.07) is 10.7. The van der Waals surface area contributed by atoms with Gasteiger partial charge in [0.25, 0.3) is 0 Å². The lowest BCUT2D eigenvalue weighted by atomic mass is 10.0. The highest BCUT2D eigenvalue weighted by atomic mass is 32.2. The molecule has 2 aromatic rings. The van der Waals surface area contributed by atoms with Crippen molar-refractivity contribution in [1.29, 1.82) is 0 Å². The van der Waals surface area contributed by atoms with E-state index in [2.05, 4.69) is 19.2 Å². The molecule has 1 aromatic heterocycles. The van der Waals surface area contributed by atoms with Gasteiger partial charge in [-0.2, -0.15) is 0 Å². The smallest absolute Gasteiger partial charge is 0.243 e. The molecule has 1 fully saturated rings. The maximum Gasteiger partial charge on any atom is 0.243 e. The number of amides is 2. The Morgan fingerprint density at radius 2 is 2.07 bits per heavy atom. The van der Waals surface area contributed by atoms with Gasteiger partial charge in [-0.1, -0.05) is 26.0 Å². The molecule has 7 heteroatoms. The van der Waals surface area contributed by atoms with Gasteiger partial charge in [0.2, 0.25) is 11.8 Å². The van der Waals surface area contributed by atoms with Gasteiger partial charge in [0.05, 0.1) is 25.7 Å². The number of nitrogens with zero attached hydrogens (tertiary/aromatic N) is 1. The van der Waals surface area contributed by atoms with Crippen molar-refractivity contribution in [3.63, 3.8) is 0 Å². The average molecular weight is 403 g/mol. The van der Waals surface area contributed by atoms with Gasteiger partial charge in [0, 0.05) is 0 Å². The van der Waals surface area contributed by atoms with Crippen LogP contribution >= 0.6 is 11.8 Å². The summed E-state index contributed by atoms with van der Waals surface area (Å²) in [5.41, 5.74) is 0.990. The molecule has 28 heavy (non-hydrogen) atoms. The number of carbonyl (C=O) groups is 2. The standard InChI is InChI=1S/C21H26N2O4S/c1-14(2)11-18(20(25)22-12-17-5-4-10-27-17)23-19(24)13-28-21(23)15-6-8-16(26-3)9-7-15/h4-10,14,18,21H,11-13H2,1-3H3,(H,22,25)/t18-,21-/m1/s1. The van der Waals surface area contributed by atoms with E-state index < -0.39 is 6.04 Å². The van der Waals surface area contributed by atoms with Gasteiger partial charge in [-0.3, -0.25) is 9.59 Å². The zero-order chi connectivity index (χ0) is 20.1. The van der Waals surface area contributed by atoms with Gasteiger partial charge >= 0.3 is 0 Å². The van der Waals surface area contributed by atoms with Gasteiger partial charge in [0.1, 0.15) is 22.9 Å². The molecular weight excluding hydrogens is 376 g/mol. The van der Waals surface area contributed by atoms with E-state index in [1.807, 2.05) is 30.3 Å². The van der Waals surface area contributed by atoms with Crippen molar-refractivity contribution < 1.29 is 18.7 Å². The lowest BCUT2D eigenvalue weighted by molar-refractivity contribution is -0.139. The highest BCUT2D eigenvalue weighted by Gasteiger charge is 2.41. The monoisotopic (exact) mass is 402 g/mol. The minimum Gasteiger partial charge on any atom is -0.497 e. The number of benzene rings is 1. The van der Waals surface area contributed by atoms with Gasteiger partial charge < -0.3 is 19.4 Å². The fourth-order valence-electron chi connectivity index (χ4n) is 3.30. The highest BCUT2D eigenvalue weighted by Crippen LogP contribution is 2.41. The van der Waals surface area contributed by atoms with Crippen molar-refractivity contribution in [1.82, 2.24) is 10.2 Å². The molecule has 0 radical (unpaired) electrons. The van der Waals surface area contributed by atoms with Gasteiger partial charge in [-0.25, -0.2) is 0 Å². The first-order valence-corrected chi connectivity index (χ1v) is 10.4. The second-order valence-corrected chi connectivity index (χ2v) is 8.25. The summed E-state index contributed by atoms with van der Waals surface area (Å²) in [5, 5.41) is 2.74. The van der Waals surface area contributed by atoms with E-state index in [1.54, 1.807) is 36.1 Å². The number of thioether (sulfide) groups is 1. The molecule has 150 valence electrons. The molecule has 1 aliphatic heterocycles. The zero-order valence-electron chi connectivity index (χ0n) is 16.4. The molecule has 0 saturated carbocycles. The van der Waals surface area contributed by atoms with Crippen molar-refractivity contribution in [2.24, 2.45) is 5.92 Å². The third-order valence-corrected chi connectivity index (χ3v) is 5.88. The number of carbonyl (C=O) groups excluding carboxylic acids is 2. The van der Waals surface area contributed by atoms with Gasteiger partial charge in [-0.05, 0) is 42.2 Å². The molecule has 6 nitrogen and oxygen atoms in total. The molecule has 2 amide bonds. The van der Waals surface area contributed by atoms with E-state index in [0.29, 0.717) is 24.5 Å². The molecule has 1 aliphatic rings. The van der Waals surface area contributed by atoms with Crippen LogP contribution in [-0.2, 0) is 16.1 Å². The van der Waals surface area contributed by atoms with E-state index in [-0.39, 0.29) is 23.1 Å². The minimum atomic E-state index is -0.524. The summed E-state index contributed by atoms with van der Waals surface area (Å²) in [6.07, 6.45) is 2.18. The highest BCUT2D eigenvalue weighted by molar-refractivity contribution is 8.00. The summed E-state index contributed by atoms with van der Waals surface area (Å²) < 4.78 is 10.5. The van der Waals surface area contributed by atoms with Crippen LogP contribution in [0.3, 0.4) is 0 Å². The van der Waals surface area contributed by atoms with Crippen LogP contribution < -0.4 is 10.1 Å². The summed E-state index contributed by atoms with van der Waals surface area (Å²) >= 11 is 1.55. The number of ether oxygens (including phenoxy) is 1. The lowest BCUT2D eigenvalue weighted by Gasteiger charge is -2.33. The van der Waals surface area contributed by atoms with Crippen LogP contribution in [0.15, 0.2) is 47.1 Å². The summed E-state index contributed by atoms with van der Waals surface area (Å²) in [6.45, 7) is 4.43. The molecule has 2 heterocycles. The molecule has 1 saturated heterocycles. The van der Waals surface area contributed by atoms with Crippen LogP contribution in [0.2, 0.25) is 0 Å². The first kappa shape index (κ1) is 20.3. The van der Waals surface area contributed by atoms with E-state index in [4.69, 9.17) is 9.15 Å². The number of nitrogens with one attached hydrogen (secondary N) is 1. The van der Waals surface area contributed by atoms with Gasteiger partial charge in [0.15, 0.2) is 0 Å². The fourth-order valence-corrected chi connectivity index (χ4v) is 4.52. The molecular formula is C21H26N2O4S. The molecule has 2 atom stereocenters. The van der Waals surface area contributed by atoms with Crippen molar-refractivity contribution in [3.8, 4) is 5.75 Å². The van der Waals surface area contributed by atoms with Gasteiger partial charge in [-0.15, -0.1) is 11.8 Å². The van der Waals surface area contributed by atoms with Crippen LogP contribution in [0.5, 0.6) is 5.75 Å². The van der Waals surface area contributed by atoms with Crippen LogP contribution in [0.25, 0.3) is 0 Å². The molecule has 0 spiro atoms. The molecule has 1 N–H and O–H groups in total.